The molecule has 1 fully saturated rings. The summed E-state index contributed by atoms with van der Waals surface area (Å²) in [6.07, 6.45) is -0.262. The summed E-state index contributed by atoms with van der Waals surface area (Å²) in [6, 6.07) is 6.65. The van der Waals surface area contributed by atoms with Crippen LogP contribution in [0.2, 0.25) is 5.02 Å². The van der Waals surface area contributed by atoms with Crippen molar-refractivity contribution in [2.75, 3.05) is 5.32 Å². The number of halogens is 4. The molecule has 0 aliphatic heterocycles. The van der Waals surface area contributed by atoms with Crippen molar-refractivity contribution in [1.82, 2.24) is 14.7 Å². The summed E-state index contributed by atoms with van der Waals surface area (Å²) in [6.45, 7) is 0.143. The largest absolute Gasteiger partial charge is 0.418 e. The molecule has 0 unspecified atom stereocenters. The van der Waals surface area contributed by atoms with Gasteiger partial charge in [0.15, 0.2) is 5.78 Å². The maximum Gasteiger partial charge on any atom is 0.418 e. The fourth-order valence-corrected chi connectivity index (χ4v) is 4.08. The minimum absolute atomic E-state index is 0.0146. The average Bonchev–Trinajstić information content (AvgIpc) is 3.33. The van der Waals surface area contributed by atoms with Crippen molar-refractivity contribution >= 4 is 46.2 Å². The predicted octanol–water partition coefficient (Wildman–Crippen LogP) is 5.62. The van der Waals surface area contributed by atoms with Gasteiger partial charge >= 0.3 is 6.18 Å². The Morgan fingerprint density at radius 3 is 2.55 bits per heavy atom. The van der Waals surface area contributed by atoms with Gasteiger partial charge in [0, 0.05) is 22.4 Å². The van der Waals surface area contributed by atoms with Crippen molar-refractivity contribution in [3.8, 4) is 0 Å². The fourth-order valence-electron chi connectivity index (χ4n) is 3.36. The second kappa shape index (κ2) is 9.11. The van der Waals surface area contributed by atoms with Crippen LogP contribution >= 0.6 is 23.1 Å². The van der Waals surface area contributed by atoms with Crippen molar-refractivity contribution in [2.45, 2.75) is 32.0 Å². The number of amides is 1. The number of carbonyl (C=O) groups is 2. The maximum absolute atomic E-state index is 13.3. The lowest BCUT2D eigenvalue weighted by Gasteiger charge is -2.16. The van der Waals surface area contributed by atoms with E-state index in [-0.39, 0.29) is 35.4 Å². The number of aromatic nitrogens is 2. The van der Waals surface area contributed by atoms with Crippen LogP contribution < -0.4 is 10.6 Å². The Morgan fingerprint density at radius 1 is 1.15 bits per heavy atom. The van der Waals surface area contributed by atoms with Crippen LogP contribution in [0.25, 0.3) is 0 Å². The number of alkyl halides is 3. The molecule has 0 atom stereocenters. The van der Waals surface area contributed by atoms with Crippen LogP contribution in [0.4, 0.5) is 24.5 Å². The van der Waals surface area contributed by atoms with Crippen LogP contribution in [0.15, 0.2) is 48.1 Å². The Hall–Kier alpha value is -2.98. The van der Waals surface area contributed by atoms with Gasteiger partial charge in [-0.3, -0.25) is 14.6 Å². The molecule has 2 heterocycles. The van der Waals surface area contributed by atoms with E-state index < -0.39 is 17.2 Å². The van der Waals surface area contributed by atoms with E-state index in [0.29, 0.717) is 29.8 Å². The Morgan fingerprint density at radius 2 is 1.94 bits per heavy atom. The zero-order valence-electron chi connectivity index (χ0n) is 17.1. The van der Waals surface area contributed by atoms with Gasteiger partial charge in [0.2, 0.25) is 5.91 Å². The molecule has 1 aromatic carbocycles. The standard InChI is InChI=1S/C22H18ClF3N4O2S/c23-14-1-4-18(17(7-14)22(24,25)26)30-16-3-2-15(27-11-16)10-28-20(32)21(5-6-21)8-19(31)13-9-29-33-12-13/h1-4,7,9,11-12,30H,5-6,8,10H2,(H,28,32). The number of hydrogen-bond donors (Lipinski definition) is 2. The number of anilines is 2. The summed E-state index contributed by atoms with van der Waals surface area (Å²) >= 11 is 6.89. The minimum Gasteiger partial charge on any atom is -0.354 e. The van der Waals surface area contributed by atoms with Crippen molar-refractivity contribution < 1.29 is 22.8 Å². The van der Waals surface area contributed by atoms with E-state index in [1.165, 1.54) is 36.1 Å². The normalized spacial score (nSPS) is 14.5. The minimum atomic E-state index is -4.56. The van der Waals surface area contributed by atoms with E-state index in [2.05, 4.69) is 20.0 Å². The molecule has 4 rings (SSSR count). The molecule has 1 amide bonds. The molecule has 2 N–H and O–H groups in total. The average molecular weight is 495 g/mol. The van der Waals surface area contributed by atoms with Crippen molar-refractivity contribution in [3.63, 3.8) is 0 Å². The molecule has 0 spiro atoms. The Bertz CT molecular complexity index is 1160. The third-order valence-corrected chi connectivity index (χ3v) is 6.23. The number of rotatable bonds is 8. The van der Waals surface area contributed by atoms with Gasteiger partial charge in [0.05, 0.1) is 47.0 Å². The zero-order chi connectivity index (χ0) is 23.6. The molecule has 33 heavy (non-hydrogen) atoms. The van der Waals surface area contributed by atoms with Crippen molar-refractivity contribution in [2.24, 2.45) is 5.41 Å². The molecule has 11 heteroatoms. The number of ketones is 1. The van der Waals surface area contributed by atoms with Crippen molar-refractivity contribution in [3.05, 3.63) is 69.9 Å². The lowest BCUT2D eigenvalue weighted by molar-refractivity contribution is -0.137. The van der Waals surface area contributed by atoms with Crippen LogP contribution in [0.1, 0.15) is 40.9 Å². The first-order valence-electron chi connectivity index (χ1n) is 9.96. The molecule has 0 radical (unpaired) electrons. The van der Waals surface area contributed by atoms with Gasteiger partial charge in [-0.2, -0.15) is 13.2 Å². The number of carbonyl (C=O) groups excluding carboxylic acids is 2. The van der Waals surface area contributed by atoms with Gasteiger partial charge in [-0.15, -0.1) is 0 Å². The van der Waals surface area contributed by atoms with E-state index in [4.69, 9.17) is 11.6 Å². The second-order valence-electron chi connectivity index (χ2n) is 7.83. The van der Waals surface area contributed by atoms with Gasteiger partial charge in [0.25, 0.3) is 0 Å². The van der Waals surface area contributed by atoms with E-state index in [0.717, 1.165) is 6.07 Å². The number of hydrogen-bond acceptors (Lipinski definition) is 6. The number of nitrogens with zero attached hydrogens (tertiary/aromatic N) is 2. The highest BCUT2D eigenvalue weighted by atomic mass is 35.5. The van der Waals surface area contributed by atoms with Crippen LogP contribution in [0, 0.1) is 5.41 Å². The van der Waals surface area contributed by atoms with Crippen LogP contribution in [0.5, 0.6) is 0 Å². The van der Waals surface area contributed by atoms with Crippen LogP contribution in [-0.2, 0) is 17.5 Å². The highest BCUT2D eigenvalue weighted by Crippen LogP contribution is 2.49. The quantitative estimate of drug-likeness (QED) is 0.397. The third kappa shape index (κ3) is 5.51. The third-order valence-electron chi connectivity index (χ3n) is 5.41. The first-order valence-corrected chi connectivity index (χ1v) is 11.2. The summed E-state index contributed by atoms with van der Waals surface area (Å²) in [4.78, 5) is 29.2. The molecular formula is C22H18ClF3N4O2S. The lowest BCUT2D eigenvalue weighted by Crippen LogP contribution is -2.33. The Balaban J connectivity index is 1.35. The first kappa shape index (κ1) is 23.2. The number of pyridine rings is 1. The molecule has 6 nitrogen and oxygen atoms in total. The molecule has 1 saturated carbocycles. The maximum atomic E-state index is 13.3. The summed E-state index contributed by atoms with van der Waals surface area (Å²) < 4.78 is 43.7. The number of Topliss-reactive ketones (excluding diaryl/α,β-unsaturated/α-hetero) is 1. The number of benzene rings is 1. The van der Waals surface area contributed by atoms with Crippen molar-refractivity contribution in [1.29, 1.82) is 0 Å². The van der Waals surface area contributed by atoms with Gasteiger partial charge in [-0.1, -0.05) is 11.6 Å². The predicted molar refractivity (Wildman–Crippen MR) is 119 cm³/mol. The van der Waals surface area contributed by atoms with E-state index in [1.54, 1.807) is 17.5 Å². The number of nitrogens with one attached hydrogen (secondary N) is 2. The highest BCUT2D eigenvalue weighted by molar-refractivity contribution is 7.03. The van der Waals surface area contributed by atoms with Crippen LogP contribution in [0.3, 0.4) is 0 Å². The SMILES string of the molecule is O=C(CC1(C(=O)NCc2ccc(Nc3ccc(Cl)cc3C(F)(F)F)cn2)CC1)c1cnsc1. The topological polar surface area (TPSA) is 84.0 Å². The van der Waals surface area contributed by atoms with E-state index >= 15 is 0 Å². The molecule has 3 aromatic rings. The van der Waals surface area contributed by atoms with E-state index in [9.17, 15) is 22.8 Å². The molecule has 0 bridgehead atoms. The molecular weight excluding hydrogens is 477 g/mol. The molecule has 2 aromatic heterocycles. The molecule has 1 aliphatic rings. The fraction of sp³-hybridized carbons (Fsp3) is 0.273. The Kier molecular flexibility index (Phi) is 6.40. The van der Waals surface area contributed by atoms with Gasteiger partial charge < -0.3 is 10.6 Å². The zero-order valence-corrected chi connectivity index (χ0v) is 18.7. The molecule has 1 aliphatic carbocycles. The monoisotopic (exact) mass is 494 g/mol. The Labute approximate surface area is 196 Å². The van der Waals surface area contributed by atoms with Crippen LogP contribution in [-0.4, -0.2) is 21.0 Å². The molecule has 0 saturated heterocycles. The summed E-state index contributed by atoms with van der Waals surface area (Å²) in [7, 11) is 0. The summed E-state index contributed by atoms with van der Waals surface area (Å²) in [5.74, 6) is -0.315. The van der Waals surface area contributed by atoms with Gasteiger partial charge in [0.1, 0.15) is 0 Å². The summed E-state index contributed by atoms with van der Waals surface area (Å²) in [5.41, 5.74) is -0.317. The summed E-state index contributed by atoms with van der Waals surface area (Å²) in [5, 5.41) is 7.15. The van der Waals surface area contributed by atoms with E-state index in [1.807, 2.05) is 0 Å². The highest BCUT2D eigenvalue weighted by Gasteiger charge is 2.51. The second-order valence-corrected chi connectivity index (χ2v) is 8.92. The lowest BCUT2D eigenvalue weighted by atomic mass is 9.96. The van der Waals surface area contributed by atoms with Gasteiger partial charge in [-0.05, 0) is 54.7 Å². The van der Waals surface area contributed by atoms with Gasteiger partial charge in [-0.25, -0.2) is 4.37 Å². The molecule has 172 valence electrons. The smallest absolute Gasteiger partial charge is 0.354 e. The first-order chi connectivity index (χ1) is 15.7.